The second-order valence-corrected chi connectivity index (χ2v) is 5.39. The molecule has 1 amide bonds. The summed E-state index contributed by atoms with van der Waals surface area (Å²) in [6, 6.07) is 0. The fraction of sp³-hybridized carbons (Fsp3) is 0.733. The standard InChI is InChI=1S/C15H29N5O/c1-6-8-16-10-13-12(3)18-20(5)15(13)19(4)11-14(21)17-9-7-2/h16H,6-11H2,1-5H3,(H,17,21). The van der Waals surface area contributed by atoms with Gasteiger partial charge in [-0.1, -0.05) is 13.8 Å². The molecule has 6 nitrogen and oxygen atoms in total. The normalized spacial score (nSPS) is 10.7. The molecule has 21 heavy (non-hydrogen) atoms. The molecule has 0 aliphatic heterocycles. The van der Waals surface area contributed by atoms with E-state index in [9.17, 15) is 4.79 Å². The number of nitrogens with one attached hydrogen (secondary N) is 2. The zero-order chi connectivity index (χ0) is 15.8. The fourth-order valence-electron chi connectivity index (χ4n) is 2.38. The number of nitrogens with zero attached hydrogens (tertiary/aromatic N) is 3. The van der Waals surface area contributed by atoms with Crippen LogP contribution >= 0.6 is 0 Å². The van der Waals surface area contributed by atoms with Crippen molar-refractivity contribution < 1.29 is 4.79 Å². The Kier molecular flexibility index (Phi) is 7.22. The summed E-state index contributed by atoms with van der Waals surface area (Å²) in [5.41, 5.74) is 2.17. The molecule has 0 aliphatic rings. The quantitative estimate of drug-likeness (QED) is 0.672. The summed E-state index contributed by atoms with van der Waals surface area (Å²) in [5.74, 6) is 1.05. The average molecular weight is 295 g/mol. The average Bonchev–Trinajstić information content (AvgIpc) is 2.71. The number of carbonyl (C=O) groups excluding carboxylic acids is 1. The topological polar surface area (TPSA) is 62.2 Å². The first-order valence-electron chi connectivity index (χ1n) is 7.72. The lowest BCUT2D eigenvalue weighted by atomic mass is 10.2. The van der Waals surface area contributed by atoms with Crippen molar-refractivity contribution in [2.75, 3.05) is 31.6 Å². The highest BCUT2D eigenvalue weighted by atomic mass is 16.2. The monoisotopic (exact) mass is 295 g/mol. The molecule has 1 aromatic heterocycles. The third-order valence-corrected chi connectivity index (χ3v) is 3.36. The van der Waals surface area contributed by atoms with E-state index < -0.39 is 0 Å². The summed E-state index contributed by atoms with van der Waals surface area (Å²) < 4.78 is 1.85. The third-order valence-electron chi connectivity index (χ3n) is 3.36. The molecule has 0 saturated heterocycles. The van der Waals surface area contributed by atoms with Gasteiger partial charge in [0.2, 0.25) is 5.91 Å². The molecule has 0 saturated carbocycles. The van der Waals surface area contributed by atoms with E-state index in [0.717, 1.165) is 49.6 Å². The molecule has 6 heteroatoms. The van der Waals surface area contributed by atoms with E-state index in [4.69, 9.17) is 0 Å². The first-order chi connectivity index (χ1) is 10.0. The maximum absolute atomic E-state index is 11.9. The summed E-state index contributed by atoms with van der Waals surface area (Å²) in [6.07, 6.45) is 2.05. The van der Waals surface area contributed by atoms with E-state index in [1.165, 1.54) is 0 Å². The Morgan fingerprint density at radius 2 is 1.95 bits per heavy atom. The number of anilines is 1. The number of hydrogen-bond donors (Lipinski definition) is 2. The van der Waals surface area contributed by atoms with E-state index in [1.54, 1.807) is 0 Å². The Bertz CT molecular complexity index is 455. The van der Waals surface area contributed by atoms with Crippen LogP contribution in [0.5, 0.6) is 0 Å². The minimum Gasteiger partial charge on any atom is -0.355 e. The highest BCUT2D eigenvalue weighted by Gasteiger charge is 2.18. The smallest absolute Gasteiger partial charge is 0.239 e. The number of rotatable bonds is 9. The van der Waals surface area contributed by atoms with Crippen molar-refractivity contribution in [3.8, 4) is 0 Å². The van der Waals surface area contributed by atoms with Crippen LogP contribution in [0.1, 0.15) is 37.9 Å². The van der Waals surface area contributed by atoms with Crippen molar-refractivity contribution in [3.63, 3.8) is 0 Å². The molecular formula is C15H29N5O. The third kappa shape index (κ3) is 5.04. The lowest BCUT2D eigenvalue weighted by Gasteiger charge is -2.20. The van der Waals surface area contributed by atoms with Gasteiger partial charge in [0.15, 0.2) is 0 Å². The van der Waals surface area contributed by atoms with Crippen molar-refractivity contribution in [1.29, 1.82) is 0 Å². The highest BCUT2D eigenvalue weighted by Crippen LogP contribution is 2.21. The van der Waals surface area contributed by atoms with E-state index in [1.807, 2.05) is 37.5 Å². The molecule has 1 aromatic rings. The van der Waals surface area contributed by atoms with Gasteiger partial charge < -0.3 is 15.5 Å². The molecule has 1 rings (SSSR count). The lowest BCUT2D eigenvalue weighted by molar-refractivity contribution is -0.119. The van der Waals surface area contributed by atoms with Crippen LogP contribution in [-0.4, -0.2) is 42.4 Å². The Labute approximate surface area is 127 Å². The van der Waals surface area contributed by atoms with Crippen molar-refractivity contribution in [2.24, 2.45) is 7.05 Å². The molecule has 0 aromatic carbocycles. The molecule has 0 fully saturated rings. The first kappa shape index (κ1) is 17.5. The molecule has 1 heterocycles. The maximum atomic E-state index is 11.9. The van der Waals surface area contributed by atoms with E-state index in [-0.39, 0.29) is 5.91 Å². The number of aryl methyl sites for hydroxylation is 2. The van der Waals surface area contributed by atoms with Gasteiger partial charge in [-0.25, -0.2) is 0 Å². The molecule has 0 radical (unpaired) electrons. The van der Waals surface area contributed by atoms with Gasteiger partial charge in [0, 0.05) is 32.7 Å². The summed E-state index contributed by atoms with van der Waals surface area (Å²) in [4.78, 5) is 13.8. The summed E-state index contributed by atoms with van der Waals surface area (Å²) in [6.45, 7) is 9.04. The van der Waals surface area contributed by atoms with Crippen LogP contribution in [-0.2, 0) is 18.4 Å². The van der Waals surface area contributed by atoms with Crippen LogP contribution in [0.25, 0.3) is 0 Å². The van der Waals surface area contributed by atoms with Gasteiger partial charge in [-0.3, -0.25) is 9.48 Å². The van der Waals surface area contributed by atoms with Crippen LogP contribution in [0.2, 0.25) is 0 Å². The van der Waals surface area contributed by atoms with Crippen molar-refractivity contribution in [3.05, 3.63) is 11.3 Å². The van der Waals surface area contributed by atoms with Crippen molar-refractivity contribution >= 4 is 11.7 Å². The molecule has 120 valence electrons. The Balaban J connectivity index is 2.77. The van der Waals surface area contributed by atoms with Crippen LogP contribution in [0.15, 0.2) is 0 Å². The van der Waals surface area contributed by atoms with Crippen molar-refractivity contribution in [1.82, 2.24) is 20.4 Å². The molecule has 0 aliphatic carbocycles. The van der Waals surface area contributed by atoms with E-state index in [2.05, 4.69) is 22.7 Å². The van der Waals surface area contributed by atoms with Gasteiger partial charge in [0.05, 0.1) is 12.2 Å². The summed E-state index contributed by atoms with van der Waals surface area (Å²) >= 11 is 0. The molecule has 0 unspecified atom stereocenters. The first-order valence-corrected chi connectivity index (χ1v) is 7.72. The van der Waals surface area contributed by atoms with Gasteiger partial charge in [0.25, 0.3) is 0 Å². The lowest BCUT2D eigenvalue weighted by Crippen LogP contribution is -2.36. The SMILES string of the molecule is CCCNCc1c(C)nn(C)c1N(C)CC(=O)NCCC. The predicted octanol–water partition coefficient (Wildman–Crippen LogP) is 1.19. The largest absolute Gasteiger partial charge is 0.355 e. The second kappa shape index (κ2) is 8.67. The molecule has 0 spiro atoms. The minimum absolute atomic E-state index is 0.0469. The molecular weight excluding hydrogens is 266 g/mol. The van der Waals surface area contributed by atoms with Gasteiger partial charge in [-0.2, -0.15) is 5.10 Å². The van der Waals surface area contributed by atoms with Crippen LogP contribution in [0, 0.1) is 6.92 Å². The zero-order valence-corrected chi connectivity index (χ0v) is 14.0. The van der Waals surface area contributed by atoms with Crippen LogP contribution in [0.3, 0.4) is 0 Å². The number of hydrogen-bond acceptors (Lipinski definition) is 4. The number of carbonyl (C=O) groups is 1. The van der Waals surface area contributed by atoms with Gasteiger partial charge in [-0.05, 0) is 26.3 Å². The fourth-order valence-corrected chi connectivity index (χ4v) is 2.38. The minimum atomic E-state index is 0.0469. The van der Waals surface area contributed by atoms with Crippen LogP contribution < -0.4 is 15.5 Å². The van der Waals surface area contributed by atoms with Gasteiger partial charge in [-0.15, -0.1) is 0 Å². The Hall–Kier alpha value is -1.56. The predicted molar refractivity (Wildman–Crippen MR) is 86.5 cm³/mol. The van der Waals surface area contributed by atoms with Gasteiger partial charge >= 0.3 is 0 Å². The number of likely N-dealkylation sites (N-methyl/N-ethyl adjacent to an activating group) is 1. The molecule has 0 atom stereocenters. The van der Waals surface area contributed by atoms with E-state index in [0.29, 0.717) is 6.54 Å². The van der Waals surface area contributed by atoms with E-state index >= 15 is 0 Å². The van der Waals surface area contributed by atoms with Gasteiger partial charge in [0.1, 0.15) is 5.82 Å². The molecule has 0 bridgehead atoms. The van der Waals surface area contributed by atoms with Crippen LogP contribution in [0.4, 0.5) is 5.82 Å². The number of amides is 1. The summed E-state index contributed by atoms with van der Waals surface area (Å²) in [5, 5.41) is 10.8. The maximum Gasteiger partial charge on any atom is 0.239 e. The Morgan fingerprint density at radius 1 is 1.29 bits per heavy atom. The van der Waals surface area contributed by atoms with Crippen molar-refractivity contribution in [2.45, 2.75) is 40.2 Å². The second-order valence-electron chi connectivity index (χ2n) is 5.39. The number of aromatic nitrogens is 2. The highest BCUT2D eigenvalue weighted by molar-refractivity contribution is 5.81. The Morgan fingerprint density at radius 3 is 2.57 bits per heavy atom. The molecule has 2 N–H and O–H groups in total. The summed E-state index contributed by atoms with van der Waals surface area (Å²) in [7, 11) is 3.86. The zero-order valence-electron chi connectivity index (χ0n) is 14.0.